The Hall–Kier alpha value is -1.36. The fourth-order valence-electron chi connectivity index (χ4n) is 2.38. The molecular weight excluding hydrogens is 250 g/mol. The molecule has 2 N–H and O–H groups in total. The van der Waals surface area contributed by atoms with Crippen molar-refractivity contribution >= 4 is 23.2 Å². The SMILES string of the molecule is C[C@@H](NC(=O)[C@@H]1CC[C@H](C(=O)O)C1)c1cccs1. The van der Waals surface area contributed by atoms with Gasteiger partial charge < -0.3 is 10.4 Å². The second-order valence-corrected chi connectivity index (χ2v) is 5.77. The monoisotopic (exact) mass is 267 g/mol. The molecule has 0 spiro atoms. The van der Waals surface area contributed by atoms with Crippen LogP contribution in [0.3, 0.4) is 0 Å². The predicted molar refractivity (Wildman–Crippen MR) is 69.3 cm³/mol. The second kappa shape index (κ2) is 5.52. The van der Waals surface area contributed by atoms with E-state index < -0.39 is 5.97 Å². The summed E-state index contributed by atoms with van der Waals surface area (Å²) < 4.78 is 0. The minimum Gasteiger partial charge on any atom is -0.481 e. The van der Waals surface area contributed by atoms with Crippen LogP contribution in [0.1, 0.15) is 37.1 Å². The van der Waals surface area contributed by atoms with Gasteiger partial charge in [0.05, 0.1) is 12.0 Å². The van der Waals surface area contributed by atoms with E-state index >= 15 is 0 Å². The molecule has 1 heterocycles. The van der Waals surface area contributed by atoms with Crippen LogP contribution in [0, 0.1) is 11.8 Å². The van der Waals surface area contributed by atoms with Gasteiger partial charge in [-0.3, -0.25) is 9.59 Å². The van der Waals surface area contributed by atoms with Crippen molar-refractivity contribution in [2.24, 2.45) is 11.8 Å². The average Bonchev–Trinajstić information content (AvgIpc) is 3.00. The van der Waals surface area contributed by atoms with Crippen molar-refractivity contribution in [2.45, 2.75) is 32.2 Å². The van der Waals surface area contributed by atoms with Crippen molar-refractivity contribution in [3.05, 3.63) is 22.4 Å². The van der Waals surface area contributed by atoms with Crippen LogP contribution in [-0.2, 0) is 9.59 Å². The Morgan fingerprint density at radius 3 is 2.72 bits per heavy atom. The molecule has 1 aliphatic rings. The van der Waals surface area contributed by atoms with Gasteiger partial charge in [-0.25, -0.2) is 0 Å². The third-order valence-corrected chi connectivity index (χ3v) is 4.54. The van der Waals surface area contributed by atoms with Gasteiger partial charge in [0.15, 0.2) is 0 Å². The zero-order valence-corrected chi connectivity index (χ0v) is 11.1. The zero-order chi connectivity index (χ0) is 13.1. The van der Waals surface area contributed by atoms with Gasteiger partial charge in [0, 0.05) is 10.8 Å². The molecule has 2 rings (SSSR count). The number of rotatable bonds is 4. The minimum atomic E-state index is -0.781. The van der Waals surface area contributed by atoms with Crippen molar-refractivity contribution in [1.29, 1.82) is 0 Å². The molecule has 1 amide bonds. The van der Waals surface area contributed by atoms with E-state index in [1.165, 1.54) is 0 Å². The van der Waals surface area contributed by atoms with Gasteiger partial charge >= 0.3 is 5.97 Å². The second-order valence-electron chi connectivity index (χ2n) is 4.79. The third-order valence-electron chi connectivity index (χ3n) is 3.48. The molecule has 1 aliphatic carbocycles. The van der Waals surface area contributed by atoms with Gasteiger partial charge in [0.2, 0.25) is 5.91 Å². The molecule has 0 aliphatic heterocycles. The number of hydrogen-bond acceptors (Lipinski definition) is 3. The molecule has 18 heavy (non-hydrogen) atoms. The van der Waals surface area contributed by atoms with Crippen LogP contribution < -0.4 is 5.32 Å². The molecular formula is C13H17NO3S. The summed E-state index contributed by atoms with van der Waals surface area (Å²) in [6, 6.07) is 3.95. The van der Waals surface area contributed by atoms with Gasteiger partial charge in [-0.1, -0.05) is 6.07 Å². The van der Waals surface area contributed by atoms with E-state index in [-0.39, 0.29) is 23.8 Å². The molecule has 0 unspecified atom stereocenters. The van der Waals surface area contributed by atoms with Crippen LogP contribution in [0.5, 0.6) is 0 Å². The van der Waals surface area contributed by atoms with E-state index in [0.29, 0.717) is 19.3 Å². The number of nitrogens with one attached hydrogen (secondary N) is 1. The van der Waals surface area contributed by atoms with Crippen LogP contribution in [0.25, 0.3) is 0 Å². The first-order chi connectivity index (χ1) is 8.58. The number of hydrogen-bond donors (Lipinski definition) is 2. The van der Waals surface area contributed by atoms with Gasteiger partial charge in [-0.15, -0.1) is 11.3 Å². The van der Waals surface area contributed by atoms with Gasteiger partial charge in [-0.05, 0) is 37.6 Å². The fraction of sp³-hybridized carbons (Fsp3) is 0.538. The summed E-state index contributed by atoms with van der Waals surface area (Å²) in [5.74, 6) is -1.29. The highest BCUT2D eigenvalue weighted by atomic mass is 32.1. The molecule has 1 fully saturated rings. The maximum atomic E-state index is 12.0. The van der Waals surface area contributed by atoms with E-state index in [2.05, 4.69) is 5.32 Å². The van der Waals surface area contributed by atoms with Crippen molar-refractivity contribution < 1.29 is 14.7 Å². The highest BCUT2D eigenvalue weighted by Gasteiger charge is 2.34. The fourth-order valence-corrected chi connectivity index (χ4v) is 3.12. The molecule has 4 nitrogen and oxygen atoms in total. The Morgan fingerprint density at radius 2 is 2.17 bits per heavy atom. The number of carbonyl (C=O) groups is 2. The first-order valence-corrected chi connectivity index (χ1v) is 7.02. The van der Waals surface area contributed by atoms with Gasteiger partial charge in [-0.2, -0.15) is 0 Å². The molecule has 0 aromatic carbocycles. The van der Waals surface area contributed by atoms with Crippen molar-refractivity contribution in [1.82, 2.24) is 5.32 Å². The van der Waals surface area contributed by atoms with E-state index in [4.69, 9.17) is 5.11 Å². The van der Waals surface area contributed by atoms with Crippen LogP contribution >= 0.6 is 11.3 Å². The summed E-state index contributed by atoms with van der Waals surface area (Å²) >= 11 is 1.61. The molecule has 1 aromatic rings. The number of carboxylic acids is 1. The van der Waals surface area contributed by atoms with Crippen LogP contribution in [0.2, 0.25) is 0 Å². The van der Waals surface area contributed by atoms with Crippen LogP contribution in [0.15, 0.2) is 17.5 Å². The molecule has 0 radical (unpaired) electrons. The maximum absolute atomic E-state index is 12.0. The topological polar surface area (TPSA) is 66.4 Å². The number of aliphatic carboxylic acids is 1. The van der Waals surface area contributed by atoms with E-state index in [0.717, 1.165) is 4.88 Å². The number of thiophene rings is 1. The lowest BCUT2D eigenvalue weighted by Crippen LogP contribution is -2.31. The van der Waals surface area contributed by atoms with Crippen molar-refractivity contribution in [2.75, 3.05) is 0 Å². The van der Waals surface area contributed by atoms with E-state index in [1.54, 1.807) is 11.3 Å². The minimum absolute atomic E-state index is 0.00128. The smallest absolute Gasteiger partial charge is 0.306 e. The third kappa shape index (κ3) is 2.90. The van der Waals surface area contributed by atoms with Crippen LogP contribution in [-0.4, -0.2) is 17.0 Å². The largest absolute Gasteiger partial charge is 0.481 e. The molecule has 5 heteroatoms. The standard InChI is InChI=1S/C13H17NO3S/c1-8(11-3-2-6-18-11)14-12(15)9-4-5-10(7-9)13(16)17/h2-3,6,8-10H,4-5,7H2,1H3,(H,14,15)(H,16,17)/t8-,9-,10+/m1/s1. The summed E-state index contributed by atoms with van der Waals surface area (Å²) in [5.41, 5.74) is 0. The van der Waals surface area contributed by atoms with Gasteiger partial charge in [0.1, 0.15) is 0 Å². The van der Waals surface area contributed by atoms with Crippen molar-refractivity contribution in [3.63, 3.8) is 0 Å². The summed E-state index contributed by atoms with van der Waals surface area (Å²) in [6.45, 7) is 1.95. The quantitative estimate of drug-likeness (QED) is 0.880. The summed E-state index contributed by atoms with van der Waals surface area (Å²) in [4.78, 5) is 24.0. The van der Waals surface area contributed by atoms with Crippen LogP contribution in [0.4, 0.5) is 0 Å². The number of carboxylic acid groups (broad SMARTS) is 1. The molecule has 3 atom stereocenters. The Balaban J connectivity index is 1.87. The molecule has 98 valence electrons. The lowest BCUT2D eigenvalue weighted by atomic mass is 10.0. The Morgan fingerprint density at radius 1 is 1.44 bits per heavy atom. The lowest BCUT2D eigenvalue weighted by molar-refractivity contribution is -0.141. The number of carbonyl (C=O) groups excluding carboxylic acids is 1. The molecule has 0 saturated heterocycles. The Labute approximate surface area is 110 Å². The van der Waals surface area contributed by atoms with E-state index in [9.17, 15) is 9.59 Å². The summed E-state index contributed by atoms with van der Waals surface area (Å²) in [7, 11) is 0. The molecule has 1 aromatic heterocycles. The molecule has 1 saturated carbocycles. The summed E-state index contributed by atoms with van der Waals surface area (Å²) in [5, 5.41) is 13.9. The van der Waals surface area contributed by atoms with Crippen molar-refractivity contribution in [3.8, 4) is 0 Å². The number of amides is 1. The predicted octanol–water partition coefficient (Wildman–Crippen LogP) is 2.43. The highest BCUT2D eigenvalue weighted by molar-refractivity contribution is 7.10. The first kappa shape index (κ1) is 13.1. The maximum Gasteiger partial charge on any atom is 0.306 e. The Kier molecular flexibility index (Phi) is 4.01. The summed E-state index contributed by atoms with van der Waals surface area (Å²) in [6.07, 6.45) is 1.76. The normalized spacial score (nSPS) is 24.7. The average molecular weight is 267 g/mol. The first-order valence-electron chi connectivity index (χ1n) is 6.14. The molecule has 0 bridgehead atoms. The van der Waals surface area contributed by atoms with E-state index in [1.807, 2.05) is 24.4 Å². The zero-order valence-electron chi connectivity index (χ0n) is 10.3. The Bertz CT molecular complexity index is 429. The lowest BCUT2D eigenvalue weighted by Gasteiger charge is -2.15. The van der Waals surface area contributed by atoms with Gasteiger partial charge in [0.25, 0.3) is 0 Å². The highest BCUT2D eigenvalue weighted by Crippen LogP contribution is 2.31.